The molecule has 2 heterocycles. The summed E-state index contributed by atoms with van der Waals surface area (Å²) >= 11 is 0. The molecular formula is C17H25FN6O. The third kappa shape index (κ3) is 4.20. The predicted octanol–water partition coefficient (Wildman–Crippen LogP) is 1.26. The average Bonchev–Trinajstić information content (AvgIpc) is 3.04. The molecule has 1 saturated heterocycles. The van der Waals surface area contributed by atoms with Gasteiger partial charge in [0.25, 0.3) is 0 Å². The fraction of sp³-hybridized carbons (Fsp3) is 0.588. The van der Waals surface area contributed by atoms with Gasteiger partial charge in [0.1, 0.15) is 11.5 Å². The number of rotatable bonds is 6. The summed E-state index contributed by atoms with van der Waals surface area (Å²) in [6.07, 6.45) is 0. The van der Waals surface area contributed by atoms with Gasteiger partial charge in [-0.2, -0.15) is 4.68 Å². The molecule has 3 rings (SSSR count). The van der Waals surface area contributed by atoms with Crippen molar-refractivity contribution in [1.82, 2.24) is 30.0 Å². The van der Waals surface area contributed by atoms with Crippen LogP contribution in [0.4, 0.5) is 4.39 Å². The number of piperazine rings is 1. The lowest BCUT2D eigenvalue weighted by atomic mass is 10.2. The molecule has 136 valence electrons. The second-order valence-electron chi connectivity index (χ2n) is 6.57. The van der Waals surface area contributed by atoms with Crippen molar-refractivity contribution in [3.05, 3.63) is 35.4 Å². The first-order valence-corrected chi connectivity index (χ1v) is 8.57. The van der Waals surface area contributed by atoms with Crippen LogP contribution >= 0.6 is 0 Å². The van der Waals surface area contributed by atoms with Crippen molar-refractivity contribution in [1.29, 1.82) is 0 Å². The number of tetrazole rings is 1. The van der Waals surface area contributed by atoms with Crippen molar-refractivity contribution < 1.29 is 9.13 Å². The van der Waals surface area contributed by atoms with Crippen molar-refractivity contribution in [2.24, 2.45) is 0 Å². The lowest BCUT2D eigenvalue weighted by Gasteiger charge is -2.39. The molecule has 2 aromatic rings. The van der Waals surface area contributed by atoms with E-state index in [1.165, 1.54) is 10.7 Å². The molecule has 1 aromatic heterocycles. The molecule has 0 N–H and O–H groups in total. The molecule has 0 saturated carbocycles. The molecule has 1 aromatic carbocycles. The number of aryl methyl sites for hydroxylation is 1. The van der Waals surface area contributed by atoms with E-state index in [-0.39, 0.29) is 5.82 Å². The number of nitrogens with zero attached hydrogens (tertiary/aromatic N) is 6. The third-order valence-electron chi connectivity index (χ3n) is 4.66. The van der Waals surface area contributed by atoms with Crippen LogP contribution in [0.25, 0.3) is 5.69 Å². The number of methoxy groups -OCH3 is 1. The first kappa shape index (κ1) is 17.9. The van der Waals surface area contributed by atoms with E-state index in [0.29, 0.717) is 24.1 Å². The maximum Gasteiger partial charge on any atom is 0.170 e. The van der Waals surface area contributed by atoms with Crippen LogP contribution in [-0.4, -0.2) is 75.9 Å². The van der Waals surface area contributed by atoms with Gasteiger partial charge < -0.3 is 4.74 Å². The Hall–Kier alpha value is -1.90. The van der Waals surface area contributed by atoms with Crippen LogP contribution in [0.2, 0.25) is 0 Å². The molecule has 0 aliphatic carbocycles. The molecule has 0 spiro atoms. The van der Waals surface area contributed by atoms with E-state index in [4.69, 9.17) is 4.74 Å². The molecule has 8 heteroatoms. The van der Waals surface area contributed by atoms with Crippen LogP contribution in [0.15, 0.2) is 18.2 Å². The fourth-order valence-electron chi connectivity index (χ4n) is 3.23. The molecule has 1 aliphatic rings. The highest BCUT2D eigenvalue weighted by Gasteiger charge is 2.25. The molecule has 25 heavy (non-hydrogen) atoms. The van der Waals surface area contributed by atoms with Crippen molar-refractivity contribution in [2.45, 2.75) is 26.4 Å². The number of halogens is 1. The molecule has 7 nitrogen and oxygen atoms in total. The molecule has 1 fully saturated rings. The highest BCUT2D eigenvalue weighted by molar-refractivity contribution is 5.36. The van der Waals surface area contributed by atoms with Crippen LogP contribution in [-0.2, 0) is 11.3 Å². The Morgan fingerprint density at radius 1 is 1.32 bits per heavy atom. The molecule has 0 amide bonds. The second-order valence-corrected chi connectivity index (χ2v) is 6.57. The van der Waals surface area contributed by atoms with Crippen molar-refractivity contribution in [3.8, 4) is 5.69 Å². The van der Waals surface area contributed by atoms with Crippen LogP contribution in [0.3, 0.4) is 0 Å². The van der Waals surface area contributed by atoms with Gasteiger partial charge in [0.2, 0.25) is 0 Å². The Bertz CT molecular complexity index is 706. The van der Waals surface area contributed by atoms with Crippen LogP contribution in [0, 0.1) is 12.7 Å². The Labute approximate surface area is 147 Å². The van der Waals surface area contributed by atoms with Gasteiger partial charge in [-0.15, -0.1) is 5.10 Å². The standard InChI is InChI=1S/C17H25FN6O/c1-13-4-5-15(18)16(10-13)24-17(19-20-21-24)12-22-6-7-23(8-9-25-3)14(2)11-22/h4-5,10,14H,6-9,11-12H2,1-3H3. The van der Waals surface area contributed by atoms with Gasteiger partial charge in [-0.25, -0.2) is 4.39 Å². The number of hydrogen-bond donors (Lipinski definition) is 0. The van der Waals surface area contributed by atoms with Gasteiger partial charge in [-0.1, -0.05) is 6.07 Å². The smallest absolute Gasteiger partial charge is 0.170 e. The van der Waals surface area contributed by atoms with Crippen LogP contribution in [0.5, 0.6) is 0 Å². The summed E-state index contributed by atoms with van der Waals surface area (Å²) in [7, 11) is 1.73. The summed E-state index contributed by atoms with van der Waals surface area (Å²) in [6.45, 7) is 9.25. The zero-order valence-electron chi connectivity index (χ0n) is 15.0. The molecule has 1 aliphatic heterocycles. The first-order chi connectivity index (χ1) is 12.1. The Kier molecular flexibility index (Phi) is 5.72. The molecule has 0 bridgehead atoms. The Morgan fingerprint density at radius 3 is 2.92 bits per heavy atom. The number of benzene rings is 1. The summed E-state index contributed by atoms with van der Waals surface area (Å²) in [5, 5.41) is 11.9. The van der Waals surface area contributed by atoms with E-state index in [1.807, 2.05) is 6.92 Å². The highest BCUT2D eigenvalue weighted by Crippen LogP contribution is 2.17. The summed E-state index contributed by atoms with van der Waals surface area (Å²) in [4.78, 5) is 4.73. The van der Waals surface area contributed by atoms with Gasteiger partial charge in [0, 0.05) is 39.3 Å². The Balaban J connectivity index is 1.69. The van der Waals surface area contributed by atoms with Crippen molar-refractivity contribution in [2.75, 3.05) is 39.9 Å². The van der Waals surface area contributed by atoms with Crippen molar-refractivity contribution in [3.63, 3.8) is 0 Å². The highest BCUT2D eigenvalue weighted by atomic mass is 19.1. The molecule has 1 atom stereocenters. The average molecular weight is 348 g/mol. The normalized spacial score (nSPS) is 19.4. The van der Waals surface area contributed by atoms with E-state index in [2.05, 4.69) is 32.2 Å². The van der Waals surface area contributed by atoms with E-state index < -0.39 is 0 Å². The monoisotopic (exact) mass is 348 g/mol. The molecule has 1 unspecified atom stereocenters. The number of hydrogen-bond acceptors (Lipinski definition) is 6. The van der Waals surface area contributed by atoms with Crippen molar-refractivity contribution >= 4 is 0 Å². The van der Waals surface area contributed by atoms with Crippen LogP contribution < -0.4 is 0 Å². The van der Waals surface area contributed by atoms with E-state index in [9.17, 15) is 4.39 Å². The zero-order chi connectivity index (χ0) is 17.8. The number of ether oxygens (including phenoxy) is 1. The Morgan fingerprint density at radius 2 is 2.16 bits per heavy atom. The zero-order valence-corrected chi connectivity index (χ0v) is 15.0. The first-order valence-electron chi connectivity index (χ1n) is 8.57. The van der Waals surface area contributed by atoms with Gasteiger partial charge >= 0.3 is 0 Å². The molecular weight excluding hydrogens is 323 g/mol. The minimum absolute atomic E-state index is 0.322. The third-order valence-corrected chi connectivity index (χ3v) is 4.66. The predicted molar refractivity (Wildman–Crippen MR) is 92.0 cm³/mol. The van der Waals surface area contributed by atoms with Gasteiger partial charge in [-0.3, -0.25) is 9.80 Å². The minimum Gasteiger partial charge on any atom is -0.383 e. The summed E-state index contributed by atoms with van der Waals surface area (Å²) in [6, 6.07) is 5.39. The maximum absolute atomic E-state index is 14.2. The fourth-order valence-corrected chi connectivity index (χ4v) is 3.23. The van der Waals surface area contributed by atoms with Gasteiger partial charge in [0.15, 0.2) is 5.82 Å². The SMILES string of the molecule is COCCN1CCN(Cc2nnnn2-c2cc(C)ccc2F)CC1C. The molecule has 0 radical (unpaired) electrons. The topological polar surface area (TPSA) is 59.3 Å². The lowest BCUT2D eigenvalue weighted by molar-refractivity contribution is 0.0543. The number of aromatic nitrogens is 4. The summed E-state index contributed by atoms with van der Waals surface area (Å²) in [5.41, 5.74) is 1.37. The largest absolute Gasteiger partial charge is 0.383 e. The van der Waals surface area contributed by atoms with E-state index in [0.717, 1.165) is 38.3 Å². The van der Waals surface area contributed by atoms with Crippen LogP contribution in [0.1, 0.15) is 18.3 Å². The quantitative estimate of drug-likeness (QED) is 0.783. The van der Waals surface area contributed by atoms with E-state index >= 15 is 0 Å². The van der Waals surface area contributed by atoms with Gasteiger partial charge in [0.05, 0.1) is 13.2 Å². The maximum atomic E-state index is 14.2. The minimum atomic E-state index is -0.322. The second kappa shape index (κ2) is 7.99. The summed E-state index contributed by atoms with van der Waals surface area (Å²) < 4.78 is 20.8. The lowest BCUT2D eigenvalue weighted by Crippen LogP contribution is -2.52. The summed E-state index contributed by atoms with van der Waals surface area (Å²) in [5.74, 6) is 0.332. The van der Waals surface area contributed by atoms with E-state index in [1.54, 1.807) is 19.2 Å². The van der Waals surface area contributed by atoms with Gasteiger partial charge in [-0.05, 0) is 42.0 Å².